The highest BCUT2D eigenvalue weighted by Crippen LogP contribution is 2.42. The predicted octanol–water partition coefficient (Wildman–Crippen LogP) is 2.97. The quantitative estimate of drug-likeness (QED) is 0.618. The molecule has 3 heterocycles. The van der Waals surface area contributed by atoms with Crippen molar-refractivity contribution in [3.8, 4) is 11.6 Å². The van der Waals surface area contributed by atoms with E-state index in [1.807, 2.05) is 28.8 Å². The van der Waals surface area contributed by atoms with Gasteiger partial charge in [0.2, 0.25) is 0 Å². The van der Waals surface area contributed by atoms with Crippen molar-refractivity contribution < 1.29 is 14.2 Å². The first kappa shape index (κ1) is 16.0. The fourth-order valence-electron chi connectivity index (χ4n) is 4.26. The van der Waals surface area contributed by atoms with Crippen LogP contribution in [0.15, 0.2) is 41.4 Å². The molecule has 27 heavy (non-hydrogen) atoms. The lowest BCUT2D eigenvalue weighted by atomic mass is 9.92. The molecule has 1 atom stereocenters. The maximum atomic E-state index is 14.1. The summed E-state index contributed by atoms with van der Waals surface area (Å²) in [7, 11) is 1.60. The zero-order chi connectivity index (χ0) is 18.8. The van der Waals surface area contributed by atoms with E-state index in [4.69, 9.17) is 10.5 Å². The summed E-state index contributed by atoms with van der Waals surface area (Å²) in [4.78, 5) is 4.65. The Bertz CT molecular complexity index is 1120. The van der Waals surface area contributed by atoms with Gasteiger partial charge in [0.25, 0.3) is 0 Å². The second kappa shape index (κ2) is 5.39. The summed E-state index contributed by atoms with van der Waals surface area (Å²) in [5, 5.41) is 15.8. The summed E-state index contributed by atoms with van der Waals surface area (Å²) in [5.74, 6) is 0.744. The molecule has 0 fully saturated rings. The molecule has 0 radical (unpaired) electrons. The number of amidine groups is 1. The summed E-state index contributed by atoms with van der Waals surface area (Å²) >= 11 is 0. The molecule has 6 nitrogen and oxygen atoms in total. The average molecular weight is 366 g/mol. The zero-order valence-corrected chi connectivity index (χ0v) is 14.8. The van der Waals surface area contributed by atoms with Crippen LogP contribution >= 0.6 is 0 Å². The third kappa shape index (κ3) is 2.21. The van der Waals surface area contributed by atoms with Gasteiger partial charge >= 0.3 is 0 Å². The molecule has 0 saturated heterocycles. The van der Waals surface area contributed by atoms with Crippen molar-refractivity contribution in [1.29, 1.82) is 0 Å². The van der Waals surface area contributed by atoms with Gasteiger partial charge in [-0.25, -0.2) is 9.38 Å². The third-order valence-electron chi connectivity index (χ3n) is 5.54. The van der Waals surface area contributed by atoms with E-state index in [0.717, 1.165) is 16.5 Å². The van der Waals surface area contributed by atoms with Crippen LogP contribution in [-0.4, -0.2) is 28.3 Å². The SMILES string of the molecule is COc1ccc2c3n(c(O)c2c1)CCC1(C3)N=C(N)c2c(F)cccc2N1. The Balaban J connectivity index is 1.63. The van der Waals surface area contributed by atoms with Crippen molar-refractivity contribution >= 4 is 22.3 Å². The van der Waals surface area contributed by atoms with E-state index in [1.165, 1.54) is 6.07 Å². The Hall–Kier alpha value is -3.22. The van der Waals surface area contributed by atoms with E-state index in [-0.39, 0.29) is 17.5 Å². The highest BCUT2D eigenvalue weighted by atomic mass is 19.1. The minimum atomic E-state index is -0.654. The van der Waals surface area contributed by atoms with Gasteiger partial charge in [-0.3, -0.25) is 0 Å². The Morgan fingerprint density at radius 1 is 1.30 bits per heavy atom. The number of nitrogens with two attached hydrogens (primary N) is 1. The molecule has 1 unspecified atom stereocenters. The standard InChI is InChI=1S/C20H19FN4O2/c1-27-11-5-6-12-13(9-11)19(26)25-8-7-20(10-16(12)25)23-15-4-2-3-14(21)17(15)18(22)24-20/h2-6,9,23,26H,7-8,10H2,1H3,(H2,22,24). The summed E-state index contributed by atoms with van der Waals surface area (Å²) in [6, 6.07) is 10.5. The number of halogens is 1. The third-order valence-corrected chi connectivity index (χ3v) is 5.54. The van der Waals surface area contributed by atoms with Crippen molar-refractivity contribution in [1.82, 2.24) is 4.57 Å². The topological polar surface area (TPSA) is 84.8 Å². The van der Waals surface area contributed by atoms with Gasteiger partial charge in [0.1, 0.15) is 23.1 Å². The normalized spacial score (nSPS) is 20.7. The van der Waals surface area contributed by atoms with Gasteiger partial charge in [-0.15, -0.1) is 0 Å². The molecule has 1 aromatic heterocycles. The van der Waals surface area contributed by atoms with Crippen molar-refractivity contribution in [3.05, 3.63) is 53.5 Å². The van der Waals surface area contributed by atoms with Crippen molar-refractivity contribution in [2.45, 2.75) is 25.0 Å². The molecule has 3 aromatic rings. The van der Waals surface area contributed by atoms with E-state index in [1.54, 1.807) is 13.2 Å². The van der Waals surface area contributed by atoms with Crippen LogP contribution in [0.5, 0.6) is 11.6 Å². The Morgan fingerprint density at radius 3 is 2.96 bits per heavy atom. The fraction of sp³-hybridized carbons (Fsp3) is 0.250. The molecule has 2 aliphatic rings. The van der Waals surface area contributed by atoms with Crippen LogP contribution in [0.25, 0.3) is 10.8 Å². The number of methoxy groups -OCH3 is 1. The van der Waals surface area contributed by atoms with Crippen LogP contribution in [-0.2, 0) is 13.0 Å². The van der Waals surface area contributed by atoms with Gasteiger partial charge in [0.05, 0.1) is 12.7 Å². The van der Waals surface area contributed by atoms with Gasteiger partial charge in [0.15, 0.2) is 5.88 Å². The van der Waals surface area contributed by atoms with Crippen LogP contribution in [0.3, 0.4) is 0 Å². The first-order valence-corrected chi connectivity index (χ1v) is 8.82. The Labute approximate surface area is 155 Å². The summed E-state index contributed by atoms with van der Waals surface area (Å²) in [5.41, 5.74) is 7.42. The second-order valence-corrected chi connectivity index (χ2v) is 7.08. The number of benzene rings is 2. The maximum Gasteiger partial charge on any atom is 0.199 e. The second-order valence-electron chi connectivity index (χ2n) is 7.08. The number of hydrogen-bond donors (Lipinski definition) is 3. The number of nitrogens with zero attached hydrogens (tertiary/aromatic N) is 2. The number of aromatic hydroxyl groups is 1. The Kier molecular flexibility index (Phi) is 3.19. The van der Waals surface area contributed by atoms with E-state index in [0.29, 0.717) is 36.4 Å². The van der Waals surface area contributed by atoms with Crippen molar-refractivity contribution in [2.75, 3.05) is 12.4 Å². The number of aromatic nitrogens is 1. The van der Waals surface area contributed by atoms with Crippen molar-refractivity contribution in [3.63, 3.8) is 0 Å². The molecule has 0 aliphatic carbocycles. The summed E-state index contributed by atoms with van der Waals surface area (Å²) in [6.07, 6.45) is 1.16. The molecule has 5 rings (SSSR count). The van der Waals surface area contributed by atoms with Gasteiger partial charge in [-0.2, -0.15) is 0 Å². The zero-order valence-electron chi connectivity index (χ0n) is 14.8. The van der Waals surface area contributed by atoms with Gasteiger partial charge < -0.3 is 25.5 Å². The molecular formula is C20H19FN4O2. The largest absolute Gasteiger partial charge is 0.497 e. The molecule has 2 aliphatic heterocycles. The van der Waals surface area contributed by atoms with Crippen LogP contribution in [0.2, 0.25) is 0 Å². The number of hydrogen-bond acceptors (Lipinski definition) is 5. The van der Waals surface area contributed by atoms with Crippen LogP contribution in [0.4, 0.5) is 10.1 Å². The van der Waals surface area contributed by atoms with Gasteiger partial charge in [0, 0.05) is 41.5 Å². The number of ether oxygens (including phenoxy) is 1. The molecule has 138 valence electrons. The summed E-state index contributed by atoms with van der Waals surface area (Å²) < 4.78 is 21.3. The van der Waals surface area contributed by atoms with E-state index in [2.05, 4.69) is 10.3 Å². The Morgan fingerprint density at radius 2 is 2.15 bits per heavy atom. The minimum Gasteiger partial charge on any atom is -0.497 e. The molecule has 1 spiro atoms. The molecule has 7 heteroatoms. The van der Waals surface area contributed by atoms with Crippen LogP contribution in [0, 0.1) is 5.82 Å². The lowest BCUT2D eigenvalue weighted by molar-refractivity contribution is 0.331. The highest BCUT2D eigenvalue weighted by Gasteiger charge is 2.40. The number of aliphatic imine (C=N–C) groups is 1. The van der Waals surface area contributed by atoms with Gasteiger partial charge in [-0.05, 0) is 30.3 Å². The molecule has 2 aromatic carbocycles. The number of nitrogens with one attached hydrogen (secondary N) is 1. The van der Waals surface area contributed by atoms with E-state index < -0.39 is 5.66 Å². The first-order valence-electron chi connectivity index (χ1n) is 8.82. The molecule has 4 N–H and O–H groups in total. The van der Waals surface area contributed by atoms with Gasteiger partial charge in [-0.1, -0.05) is 6.07 Å². The molecule has 0 bridgehead atoms. The van der Waals surface area contributed by atoms with Crippen molar-refractivity contribution in [2.24, 2.45) is 10.7 Å². The average Bonchev–Trinajstić information content (AvgIpc) is 2.92. The lowest BCUT2D eigenvalue weighted by Crippen LogP contribution is -2.48. The lowest BCUT2D eigenvalue weighted by Gasteiger charge is -2.39. The minimum absolute atomic E-state index is 0.206. The first-order chi connectivity index (χ1) is 13.0. The predicted molar refractivity (Wildman–Crippen MR) is 102 cm³/mol. The molecule has 0 saturated carbocycles. The van der Waals surface area contributed by atoms with E-state index >= 15 is 0 Å². The summed E-state index contributed by atoms with van der Waals surface area (Å²) in [6.45, 7) is 0.576. The highest BCUT2D eigenvalue weighted by molar-refractivity contribution is 6.04. The fourth-order valence-corrected chi connectivity index (χ4v) is 4.26. The van der Waals surface area contributed by atoms with Crippen LogP contribution in [0.1, 0.15) is 17.7 Å². The monoisotopic (exact) mass is 366 g/mol. The number of anilines is 1. The smallest absolute Gasteiger partial charge is 0.199 e. The number of fused-ring (bicyclic) bond motifs is 4. The molecular weight excluding hydrogens is 347 g/mol. The van der Waals surface area contributed by atoms with E-state index in [9.17, 15) is 9.50 Å². The number of rotatable bonds is 1. The van der Waals surface area contributed by atoms with Crippen LogP contribution < -0.4 is 15.8 Å². The maximum absolute atomic E-state index is 14.1. The molecule has 0 amide bonds.